The Morgan fingerprint density at radius 3 is 3.12 bits per heavy atom. The molecule has 1 aromatic heterocycles. The number of anilines is 1. The van der Waals surface area contributed by atoms with E-state index in [2.05, 4.69) is 38.9 Å². The van der Waals surface area contributed by atoms with E-state index in [1.54, 1.807) is 11.3 Å². The van der Waals surface area contributed by atoms with E-state index in [4.69, 9.17) is 24.4 Å². The zero-order valence-electron chi connectivity index (χ0n) is 8.33. The maximum absolute atomic E-state index is 5.58. The SMILES string of the molecule is S=C1Nc2sc(I)cc2C(=S)N2CCC[C@@H]12. The van der Waals surface area contributed by atoms with Crippen LogP contribution >= 0.6 is 58.4 Å². The molecule has 0 radical (unpaired) electrons. The van der Waals surface area contributed by atoms with Crippen LogP contribution in [0.25, 0.3) is 0 Å². The number of nitrogens with zero attached hydrogens (tertiary/aromatic N) is 1. The number of hydrogen-bond donors (Lipinski definition) is 1. The zero-order valence-corrected chi connectivity index (χ0v) is 12.9. The first kappa shape index (κ1) is 11.3. The summed E-state index contributed by atoms with van der Waals surface area (Å²) in [7, 11) is 0. The normalized spacial score (nSPS) is 23.8. The van der Waals surface area contributed by atoms with E-state index < -0.39 is 0 Å². The smallest absolute Gasteiger partial charge is 0.112 e. The predicted molar refractivity (Wildman–Crippen MR) is 84.7 cm³/mol. The first-order valence-corrected chi connectivity index (χ1v) is 7.79. The van der Waals surface area contributed by atoms with Gasteiger partial charge in [-0.15, -0.1) is 11.3 Å². The van der Waals surface area contributed by atoms with Crippen LogP contribution in [0.4, 0.5) is 5.00 Å². The zero-order chi connectivity index (χ0) is 11.3. The minimum absolute atomic E-state index is 0.319. The summed E-state index contributed by atoms with van der Waals surface area (Å²) >= 11 is 15.1. The quantitative estimate of drug-likeness (QED) is 0.549. The van der Waals surface area contributed by atoms with Gasteiger partial charge in [-0.3, -0.25) is 0 Å². The van der Waals surface area contributed by atoms with Crippen LogP contribution in [-0.4, -0.2) is 27.5 Å². The van der Waals surface area contributed by atoms with Crippen molar-refractivity contribution >= 4 is 73.3 Å². The maximum atomic E-state index is 5.58. The molecule has 1 saturated heterocycles. The maximum Gasteiger partial charge on any atom is 0.112 e. The molecule has 0 unspecified atom stereocenters. The highest BCUT2D eigenvalue weighted by Crippen LogP contribution is 2.35. The summed E-state index contributed by atoms with van der Waals surface area (Å²) in [6.07, 6.45) is 2.31. The summed E-state index contributed by atoms with van der Waals surface area (Å²) in [5.74, 6) is 0. The number of fused-ring (bicyclic) bond motifs is 2. The van der Waals surface area contributed by atoms with E-state index in [1.165, 1.54) is 9.30 Å². The molecule has 2 nitrogen and oxygen atoms in total. The van der Waals surface area contributed by atoms with Crippen molar-refractivity contribution in [1.82, 2.24) is 4.90 Å². The van der Waals surface area contributed by atoms with E-state index in [1.807, 2.05) is 0 Å². The van der Waals surface area contributed by atoms with Gasteiger partial charge in [-0.1, -0.05) is 24.4 Å². The third kappa shape index (κ3) is 1.70. The van der Waals surface area contributed by atoms with Crippen LogP contribution < -0.4 is 5.32 Å². The van der Waals surface area contributed by atoms with Crippen LogP contribution in [0.2, 0.25) is 0 Å². The molecule has 84 valence electrons. The van der Waals surface area contributed by atoms with Crippen molar-refractivity contribution in [1.29, 1.82) is 0 Å². The minimum atomic E-state index is 0.319. The fourth-order valence-electron chi connectivity index (χ4n) is 2.24. The first-order chi connectivity index (χ1) is 7.66. The summed E-state index contributed by atoms with van der Waals surface area (Å²) in [4.78, 5) is 4.17. The lowest BCUT2D eigenvalue weighted by Crippen LogP contribution is -2.39. The van der Waals surface area contributed by atoms with Gasteiger partial charge < -0.3 is 10.2 Å². The molecular formula is C10H9IN2S3. The van der Waals surface area contributed by atoms with Crippen LogP contribution in [0.5, 0.6) is 0 Å². The second kappa shape index (κ2) is 4.15. The highest BCUT2D eigenvalue weighted by molar-refractivity contribution is 14.1. The van der Waals surface area contributed by atoms with Gasteiger partial charge in [-0.05, 0) is 41.5 Å². The Kier molecular flexibility index (Phi) is 2.93. The monoisotopic (exact) mass is 380 g/mol. The lowest BCUT2D eigenvalue weighted by molar-refractivity contribution is 0.480. The average molecular weight is 380 g/mol. The van der Waals surface area contributed by atoms with Crippen molar-refractivity contribution in [2.45, 2.75) is 18.9 Å². The molecule has 2 aliphatic heterocycles. The second-order valence-corrected chi connectivity index (χ2v) is 7.71. The Balaban J connectivity index is 2.10. The van der Waals surface area contributed by atoms with Crippen molar-refractivity contribution < 1.29 is 0 Å². The Hall–Kier alpha value is 0.210. The average Bonchev–Trinajstić information content (AvgIpc) is 2.81. The Morgan fingerprint density at radius 2 is 2.31 bits per heavy atom. The molecule has 16 heavy (non-hydrogen) atoms. The highest BCUT2D eigenvalue weighted by atomic mass is 127. The van der Waals surface area contributed by atoms with Gasteiger partial charge in [0.1, 0.15) is 15.0 Å². The summed E-state index contributed by atoms with van der Waals surface area (Å²) in [5.41, 5.74) is 1.15. The van der Waals surface area contributed by atoms with Crippen molar-refractivity contribution in [3.63, 3.8) is 0 Å². The van der Waals surface area contributed by atoms with Crippen LogP contribution in [0, 0.1) is 2.88 Å². The van der Waals surface area contributed by atoms with Gasteiger partial charge in [0.05, 0.1) is 8.93 Å². The fourth-order valence-corrected chi connectivity index (χ4v) is 4.87. The summed E-state index contributed by atoms with van der Waals surface area (Å²) in [6, 6.07) is 2.47. The molecule has 0 spiro atoms. The van der Waals surface area contributed by atoms with Gasteiger partial charge in [0.25, 0.3) is 0 Å². The number of thiocarbonyl (C=S) groups is 2. The van der Waals surface area contributed by atoms with Crippen molar-refractivity contribution in [3.8, 4) is 0 Å². The van der Waals surface area contributed by atoms with Gasteiger partial charge in [0.15, 0.2) is 0 Å². The third-order valence-corrected chi connectivity index (χ3v) is 5.62. The van der Waals surface area contributed by atoms with E-state index in [-0.39, 0.29) is 0 Å². The molecule has 0 amide bonds. The lowest BCUT2D eigenvalue weighted by Gasteiger charge is -2.24. The molecule has 1 fully saturated rings. The minimum Gasteiger partial charge on any atom is -0.353 e. The van der Waals surface area contributed by atoms with Gasteiger partial charge in [-0.2, -0.15) is 0 Å². The summed E-state index contributed by atoms with van der Waals surface area (Å²) in [6.45, 7) is 1.04. The molecule has 1 atom stereocenters. The number of halogens is 1. The highest BCUT2D eigenvalue weighted by Gasteiger charge is 2.34. The van der Waals surface area contributed by atoms with Crippen LogP contribution in [0.3, 0.4) is 0 Å². The van der Waals surface area contributed by atoms with Crippen molar-refractivity contribution in [2.24, 2.45) is 0 Å². The molecule has 1 aromatic rings. The molecule has 3 rings (SSSR count). The fraction of sp³-hybridized carbons (Fsp3) is 0.400. The summed E-state index contributed by atoms with van der Waals surface area (Å²) < 4.78 is 1.25. The number of thiophene rings is 1. The molecule has 0 saturated carbocycles. The van der Waals surface area contributed by atoms with Gasteiger partial charge in [0.2, 0.25) is 0 Å². The molecule has 1 N–H and O–H groups in total. The molecular weight excluding hydrogens is 371 g/mol. The second-order valence-electron chi connectivity index (χ2n) is 3.94. The van der Waals surface area contributed by atoms with E-state index in [9.17, 15) is 0 Å². The topological polar surface area (TPSA) is 15.3 Å². The third-order valence-electron chi connectivity index (χ3n) is 2.99. The van der Waals surface area contributed by atoms with Gasteiger partial charge >= 0.3 is 0 Å². The van der Waals surface area contributed by atoms with Crippen molar-refractivity contribution in [2.75, 3.05) is 11.9 Å². The standard InChI is InChI=1S/C10H9IN2S3/c11-7-4-5-9(16-7)12-8(14)6-2-1-3-13(6)10(5)15/h4,6H,1-3H2,(H,12,14)/t6-/m0/s1. The van der Waals surface area contributed by atoms with E-state index >= 15 is 0 Å². The Bertz CT molecular complexity index is 482. The van der Waals surface area contributed by atoms with Crippen molar-refractivity contribution in [3.05, 3.63) is 14.5 Å². The molecule has 0 aromatic carbocycles. The van der Waals surface area contributed by atoms with Crippen LogP contribution in [0.15, 0.2) is 6.07 Å². The lowest BCUT2D eigenvalue weighted by atomic mass is 10.2. The molecule has 6 heteroatoms. The Morgan fingerprint density at radius 1 is 1.50 bits per heavy atom. The largest absolute Gasteiger partial charge is 0.353 e. The molecule has 3 heterocycles. The van der Waals surface area contributed by atoms with E-state index in [0.29, 0.717) is 6.04 Å². The Labute approximate surface area is 123 Å². The molecule has 0 aliphatic carbocycles. The molecule has 2 aliphatic rings. The number of rotatable bonds is 0. The first-order valence-electron chi connectivity index (χ1n) is 5.08. The van der Waals surface area contributed by atoms with Crippen LogP contribution in [-0.2, 0) is 0 Å². The van der Waals surface area contributed by atoms with Crippen LogP contribution in [0.1, 0.15) is 18.4 Å². The summed E-state index contributed by atoms with van der Waals surface area (Å²) in [5, 5.41) is 4.48. The van der Waals surface area contributed by atoms with Gasteiger partial charge in [-0.25, -0.2) is 0 Å². The van der Waals surface area contributed by atoms with E-state index in [0.717, 1.165) is 33.5 Å². The number of hydrogen-bond acceptors (Lipinski definition) is 3. The number of nitrogens with one attached hydrogen (secondary N) is 1. The van der Waals surface area contributed by atoms with Gasteiger partial charge in [0, 0.05) is 12.1 Å². The predicted octanol–water partition coefficient (Wildman–Crippen LogP) is 3.25. The molecule has 0 bridgehead atoms.